The van der Waals surface area contributed by atoms with Gasteiger partial charge in [-0.2, -0.15) is 0 Å². The van der Waals surface area contributed by atoms with Crippen molar-refractivity contribution < 1.29 is 34.8 Å². The maximum Gasteiger partial charge on any atom is 2.00 e. The maximum atomic E-state index is 10.6. The van der Waals surface area contributed by atoms with E-state index in [9.17, 15) is 14.4 Å². The number of aliphatic carboxylic acids is 3. The number of carboxylic acids is 3. The molecule has 0 aromatic rings. The van der Waals surface area contributed by atoms with Crippen LogP contribution >= 0.6 is 0 Å². The predicted octanol–water partition coefficient (Wildman–Crippen LogP) is -2.54. The van der Waals surface area contributed by atoms with Gasteiger partial charge < -0.3 is 20.4 Å². The van der Waals surface area contributed by atoms with E-state index in [2.05, 4.69) is 0 Å². The second-order valence-electron chi connectivity index (χ2n) is 3.89. The van der Waals surface area contributed by atoms with Gasteiger partial charge in [0.05, 0.1) is 26.2 Å². The maximum absolute atomic E-state index is 10.6. The van der Waals surface area contributed by atoms with Crippen LogP contribution in [0, 0.1) is 0 Å². The molecule has 0 aliphatic carbocycles. The van der Waals surface area contributed by atoms with Crippen molar-refractivity contribution in [2.75, 3.05) is 45.9 Å². The number of hydrogen-bond donors (Lipinski definition) is 4. The van der Waals surface area contributed by atoms with Crippen LogP contribution in [0.2, 0.25) is 0 Å². The Morgan fingerprint density at radius 1 is 0.700 bits per heavy atom. The van der Waals surface area contributed by atoms with Gasteiger partial charge in [0.1, 0.15) is 0 Å². The van der Waals surface area contributed by atoms with Crippen molar-refractivity contribution in [3.05, 3.63) is 0 Å². The van der Waals surface area contributed by atoms with Gasteiger partial charge in [0.15, 0.2) is 0 Å². The fourth-order valence-electron chi connectivity index (χ4n) is 1.48. The largest absolute Gasteiger partial charge is 2.00 e. The number of carbonyl (C=O) groups is 3. The van der Waals surface area contributed by atoms with Gasteiger partial charge in [-0.25, -0.2) is 0 Å². The number of aliphatic hydroxyl groups is 1. The van der Waals surface area contributed by atoms with Crippen molar-refractivity contribution in [3.8, 4) is 0 Å². The molecule has 0 heterocycles. The van der Waals surface area contributed by atoms with Gasteiger partial charge in [-0.15, -0.1) is 0 Å². The monoisotopic (exact) mass is 318 g/mol. The van der Waals surface area contributed by atoms with E-state index in [1.54, 1.807) is 0 Å². The molecule has 0 radical (unpaired) electrons. The van der Waals surface area contributed by atoms with E-state index < -0.39 is 31.0 Å². The summed E-state index contributed by atoms with van der Waals surface area (Å²) in [7, 11) is 0. The average Bonchev–Trinajstić information content (AvgIpc) is 2.23. The van der Waals surface area contributed by atoms with Gasteiger partial charge in [-0.1, -0.05) is 0 Å². The summed E-state index contributed by atoms with van der Waals surface area (Å²) in [5, 5.41) is 34.7. The molecule has 0 aliphatic heterocycles. The Hall–Kier alpha value is -0.450. The molecule has 0 aromatic heterocycles. The van der Waals surface area contributed by atoms with E-state index in [1.807, 2.05) is 0 Å². The molecule has 20 heavy (non-hydrogen) atoms. The third-order valence-electron chi connectivity index (χ3n) is 2.23. The summed E-state index contributed by atoms with van der Waals surface area (Å²) in [6.45, 7) is -1.03. The third-order valence-corrected chi connectivity index (χ3v) is 2.23. The zero-order valence-electron chi connectivity index (χ0n) is 11.1. The average molecular weight is 318 g/mol. The molecule has 0 amide bonds. The van der Waals surface area contributed by atoms with Crippen LogP contribution in [0.15, 0.2) is 0 Å². The van der Waals surface area contributed by atoms with E-state index >= 15 is 0 Å². The molecule has 0 saturated carbocycles. The van der Waals surface area contributed by atoms with Crippen LogP contribution in [0.1, 0.15) is 0 Å². The Morgan fingerprint density at radius 3 is 1.40 bits per heavy atom. The molecule has 0 fully saturated rings. The molecule has 0 aromatic carbocycles. The molecule has 0 unspecified atom stereocenters. The molecule has 4 N–H and O–H groups in total. The van der Waals surface area contributed by atoms with Gasteiger partial charge in [-0.05, 0) is 0 Å². The molecule has 0 spiro atoms. The fraction of sp³-hybridized carbons (Fsp3) is 0.700. The first-order valence-corrected chi connectivity index (χ1v) is 5.56. The molecule has 0 atom stereocenters. The van der Waals surface area contributed by atoms with E-state index in [1.165, 1.54) is 9.80 Å². The summed E-state index contributed by atoms with van der Waals surface area (Å²) in [6, 6.07) is 0. The molecule has 0 rings (SSSR count). The standard InChI is InChI=1S/C10H18N2O7.Ca/c13-4-3-11(5-8(14)15)1-2-12(6-9(16)17)7-10(18)19;/h13H,1-7H2,(H,14,15)(H,16,17)(H,18,19);/q;+2. The number of carboxylic acid groups (broad SMARTS) is 3. The first-order valence-electron chi connectivity index (χ1n) is 5.56. The minimum absolute atomic E-state index is 0. The molecule has 0 bridgehead atoms. The zero-order chi connectivity index (χ0) is 14.8. The third kappa shape index (κ3) is 12.6. The summed E-state index contributed by atoms with van der Waals surface area (Å²) in [6.07, 6.45) is 0. The normalized spacial score (nSPS) is 10.3. The van der Waals surface area contributed by atoms with Crippen LogP contribution in [-0.4, -0.2) is 132 Å². The number of rotatable bonds is 11. The topological polar surface area (TPSA) is 139 Å². The minimum Gasteiger partial charge on any atom is -0.480 e. The van der Waals surface area contributed by atoms with E-state index in [-0.39, 0.29) is 70.5 Å². The van der Waals surface area contributed by atoms with Crippen molar-refractivity contribution in [3.63, 3.8) is 0 Å². The van der Waals surface area contributed by atoms with Crippen LogP contribution in [-0.2, 0) is 14.4 Å². The van der Waals surface area contributed by atoms with Crippen LogP contribution in [0.3, 0.4) is 0 Å². The van der Waals surface area contributed by atoms with Gasteiger partial charge in [-0.3, -0.25) is 24.2 Å². The van der Waals surface area contributed by atoms with E-state index in [4.69, 9.17) is 20.4 Å². The summed E-state index contributed by atoms with van der Waals surface area (Å²) >= 11 is 0. The predicted molar refractivity (Wildman–Crippen MR) is 68.6 cm³/mol. The van der Waals surface area contributed by atoms with Crippen molar-refractivity contribution in [2.45, 2.75) is 0 Å². The number of hydrogen-bond acceptors (Lipinski definition) is 6. The van der Waals surface area contributed by atoms with E-state index in [0.717, 1.165) is 0 Å². The van der Waals surface area contributed by atoms with Crippen LogP contribution < -0.4 is 0 Å². The van der Waals surface area contributed by atoms with Crippen LogP contribution in [0.25, 0.3) is 0 Å². The minimum atomic E-state index is -1.16. The number of nitrogens with zero attached hydrogens (tertiary/aromatic N) is 2. The Balaban J connectivity index is 0. The van der Waals surface area contributed by atoms with Crippen LogP contribution in [0.5, 0.6) is 0 Å². The molecule has 10 heteroatoms. The number of aliphatic hydroxyl groups excluding tert-OH is 1. The van der Waals surface area contributed by atoms with E-state index in [0.29, 0.717) is 0 Å². The fourth-order valence-corrected chi connectivity index (χ4v) is 1.48. The summed E-state index contributed by atoms with van der Waals surface area (Å²) in [5.74, 6) is -3.39. The second-order valence-corrected chi connectivity index (χ2v) is 3.89. The zero-order valence-corrected chi connectivity index (χ0v) is 13.3. The Morgan fingerprint density at radius 2 is 1.05 bits per heavy atom. The first kappa shape index (κ1) is 21.8. The molecule has 110 valence electrons. The van der Waals surface area contributed by atoms with Crippen molar-refractivity contribution in [1.29, 1.82) is 0 Å². The summed E-state index contributed by atoms with van der Waals surface area (Å²) in [4.78, 5) is 34.3. The van der Waals surface area contributed by atoms with Gasteiger partial charge in [0, 0.05) is 19.6 Å². The van der Waals surface area contributed by atoms with Crippen LogP contribution in [0.4, 0.5) is 0 Å². The molecule has 0 saturated heterocycles. The summed E-state index contributed by atoms with van der Waals surface area (Å²) < 4.78 is 0. The Kier molecular flexibility index (Phi) is 13.4. The van der Waals surface area contributed by atoms with Gasteiger partial charge in [0.2, 0.25) is 0 Å². The van der Waals surface area contributed by atoms with Crippen molar-refractivity contribution in [2.24, 2.45) is 0 Å². The second kappa shape index (κ2) is 12.3. The summed E-state index contributed by atoms with van der Waals surface area (Å²) in [5.41, 5.74) is 0. The van der Waals surface area contributed by atoms with Crippen molar-refractivity contribution in [1.82, 2.24) is 9.80 Å². The smallest absolute Gasteiger partial charge is 0.480 e. The SMILES string of the molecule is O=C(O)CN(CCO)CCN(CC(=O)O)CC(=O)O.[Ca+2]. The Bertz CT molecular complexity index is 311. The molecular weight excluding hydrogens is 300 g/mol. The van der Waals surface area contributed by atoms with Gasteiger partial charge in [0.25, 0.3) is 0 Å². The first-order chi connectivity index (χ1) is 8.85. The Labute approximate surface area is 145 Å². The quantitative estimate of drug-likeness (QED) is 0.303. The van der Waals surface area contributed by atoms with Gasteiger partial charge >= 0.3 is 55.6 Å². The molecule has 9 nitrogen and oxygen atoms in total. The molecule has 0 aliphatic rings. The van der Waals surface area contributed by atoms with Crippen molar-refractivity contribution >= 4 is 55.6 Å². The molecular formula is C10H18CaN2O7+2.